The van der Waals surface area contributed by atoms with Crippen LogP contribution in [0.1, 0.15) is 14.0 Å². The van der Waals surface area contributed by atoms with Crippen LogP contribution in [0.5, 0.6) is 0 Å². The number of nitrogens with one attached hydrogen (secondary N) is 1. The summed E-state index contributed by atoms with van der Waals surface area (Å²) < 4.78 is 0. The Morgan fingerprint density at radius 3 is 2.58 bits per heavy atom. The number of carbonyl (C=O) groups excluding carboxylic acids is 1. The van der Waals surface area contributed by atoms with E-state index >= 15 is 0 Å². The second-order valence-corrected chi connectivity index (χ2v) is 2.70. The van der Waals surface area contributed by atoms with Crippen molar-refractivity contribution in [2.75, 3.05) is 0 Å². The van der Waals surface area contributed by atoms with E-state index in [-0.39, 0.29) is 2.85 Å². The first-order chi connectivity index (χ1) is 5.68. The number of hydrogen-bond donors (Lipinski definition) is 2. The van der Waals surface area contributed by atoms with Gasteiger partial charge in [0.25, 0.3) is 0 Å². The topological polar surface area (TPSA) is 55.1 Å². The number of benzene rings is 1. The minimum Gasteiger partial charge on any atom is -0.352 e. The summed E-state index contributed by atoms with van der Waals surface area (Å²) >= 11 is 0. The molecule has 0 heterocycles. The van der Waals surface area contributed by atoms with Crippen molar-refractivity contribution in [3.8, 4) is 0 Å². The van der Waals surface area contributed by atoms with E-state index in [4.69, 9.17) is 5.73 Å². The van der Waals surface area contributed by atoms with Crippen molar-refractivity contribution in [1.82, 2.24) is 5.32 Å². The zero-order chi connectivity index (χ0) is 8.97. The van der Waals surface area contributed by atoms with Crippen LogP contribution in [0.4, 0.5) is 4.79 Å². The van der Waals surface area contributed by atoms with Gasteiger partial charge in [-0.1, -0.05) is 29.8 Å². The number of nitrogens with two attached hydrogens (primary N) is 1. The molecule has 0 saturated carbocycles. The number of primary amides is 1. The molecular weight excluding hydrogens is 152 g/mol. The van der Waals surface area contributed by atoms with Crippen molar-refractivity contribution < 1.29 is 7.65 Å². The van der Waals surface area contributed by atoms with Crippen LogP contribution >= 0.6 is 0 Å². The molecule has 1 aromatic carbocycles. The molecular formula is C9H16N2O. The maximum Gasteiger partial charge on any atom is 0.312 e. The van der Waals surface area contributed by atoms with Crippen LogP contribution in [-0.4, -0.2) is 6.03 Å². The first-order valence-corrected chi connectivity index (χ1v) is 3.77. The molecule has 0 spiro atoms. The van der Waals surface area contributed by atoms with Crippen LogP contribution in [0.3, 0.4) is 0 Å². The van der Waals surface area contributed by atoms with Gasteiger partial charge in [0.15, 0.2) is 0 Å². The van der Waals surface area contributed by atoms with Gasteiger partial charge in [0.05, 0.1) is 0 Å². The third-order valence-corrected chi connectivity index (χ3v) is 1.59. The fraction of sp³-hybridized carbons (Fsp3) is 0.222. The normalized spacial score (nSPS) is 9.42. The molecule has 0 atom stereocenters. The Morgan fingerprint density at radius 1 is 1.50 bits per heavy atom. The molecule has 12 heavy (non-hydrogen) atoms. The lowest BCUT2D eigenvalue weighted by Crippen LogP contribution is -2.28. The predicted molar refractivity (Wildman–Crippen MR) is 51.8 cm³/mol. The van der Waals surface area contributed by atoms with E-state index in [0.29, 0.717) is 6.54 Å². The zero-order valence-corrected chi connectivity index (χ0v) is 7.00. The Kier molecular flexibility index (Phi) is 2.69. The van der Waals surface area contributed by atoms with E-state index in [2.05, 4.69) is 5.32 Å². The maximum atomic E-state index is 10.4. The Bertz CT molecular complexity index is 275. The lowest BCUT2D eigenvalue weighted by Gasteiger charge is -2.01. The maximum absolute atomic E-state index is 10.4. The van der Waals surface area contributed by atoms with Crippen LogP contribution in [0.25, 0.3) is 0 Å². The summed E-state index contributed by atoms with van der Waals surface area (Å²) in [7, 11) is 0. The molecule has 0 aromatic heterocycles. The van der Waals surface area contributed by atoms with Gasteiger partial charge >= 0.3 is 6.03 Å². The molecule has 2 amide bonds. The quantitative estimate of drug-likeness (QED) is 0.693. The average molecular weight is 168 g/mol. The lowest BCUT2D eigenvalue weighted by molar-refractivity contribution is 0.248. The lowest BCUT2D eigenvalue weighted by atomic mass is 10.1. The SMILES string of the molecule is Cc1ccc(CNC(N)=O)cc1.[HH].[HH]. The molecule has 0 bridgehead atoms. The van der Waals surface area contributed by atoms with Gasteiger partial charge in [-0.3, -0.25) is 0 Å². The molecule has 3 nitrogen and oxygen atoms in total. The fourth-order valence-corrected chi connectivity index (χ4v) is 0.895. The molecule has 0 saturated heterocycles. The number of carbonyl (C=O) groups is 1. The standard InChI is InChI=1S/C9H12N2O.2H2/c1-7-2-4-8(5-3-7)6-11-9(10)12;;/h2-5H,6H2,1H3,(H3,10,11,12);2*1H. The van der Waals surface area contributed by atoms with Gasteiger partial charge in [0.2, 0.25) is 0 Å². The summed E-state index contributed by atoms with van der Waals surface area (Å²) in [5, 5.41) is 2.52. The number of aryl methyl sites for hydroxylation is 1. The smallest absolute Gasteiger partial charge is 0.312 e. The Balaban J connectivity index is 0. The van der Waals surface area contributed by atoms with Gasteiger partial charge in [-0.15, -0.1) is 0 Å². The molecule has 0 aliphatic carbocycles. The van der Waals surface area contributed by atoms with Crippen LogP contribution in [0.2, 0.25) is 0 Å². The van der Waals surface area contributed by atoms with Crippen molar-refractivity contribution >= 4 is 6.03 Å². The average Bonchev–Trinajstić information content (AvgIpc) is 2.03. The van der Waals surface area contributed by atoms with Crippen LogP contribution in [0.15, 0.2) is 24.3 Å². The van der Waals surface area contributed by atoms with Gasteiger partial charge < -0.3 is 11.1 Å². The molecule has 0 fully saturated rings. The second kappa shape index (κ2) is 3.76. The Hall–Kier alpha value is -1.51. The molecule has 3 N–H and O–H groups in total. The largest absolute Gasteiger partial charge is 0.352 e. The van der Waals surface area contributed by atoms with Gasteiger partial charge in [-0.25, -0.2) is 4.79 Å². The van der Waals surface area contributed by atoms with Crippen molar-refractivity contribution in [2.45, 2.75) is 13.5 Å². The molecule has 3 heteroatoms. The minimum absolute atomic E-state index is 0. The molecule has 68 valence electrons. The highest BCUT2D eigenvalue weighted by atomic mass is 16.2. The van der Waals surface area contributed by atoms with E-state index in [0.717, 1.165) is 5.56 Å². The highest BCUT2D eigenvalue weighted by molar-refractivity contribution is 5.71. The minimum atomic E-state index is -0.490. The molecule has 1 aromatic rings. The van der Waals surface area contributed by atoms with E-state index in [1.165, 1.54) is 5.56 Å². The Labute approximate surface area is 74.5 Å². The summed E-state index contributed by atoms with van der Waals surface area (Å²) in [6.45, 7) is 2.51. The fourth-order valence-electron chi connectivity index (χ4n) is 0.895. The number of urea groups is 1. The van der Waals surface area contributed by atoms with Gasteiger partial charge in [-0.05, 0) is 12.5 Å². The highest BCUT2D eigenvalue weighted by Gasteiger charge is 1.93. The van der Waals surface area contributed by atoms with Gasteiger partial charge in [0.1, 0.15) is 0 Å². The molecule has 0 unspecified atom stereocenters. The zero-order valence-electron chi connectivity index (χ0n) is 7.00. The summed E-state index contributed by atoms with van der Waals surface area (Å²) in [6, 6.07) is 7.43. The molecule has 1 rings (SSSR count). The molecule has 0 radical (unpaired) electrons. The molecule has 0 aliphatic rings. The van der Waals surface area contributed by atoms with E-state index in [1.807, 2.05) is 31.2 Å². The van der Waals surface area contributed by atoms with Crippen LogP contribution < -0.4 is 11.1 Å². The highest BCUT2D eigenvalue weighted by Crippen LogP contribution is 2.01. The second-order valence-electron chi connectivity index (χ2n) is 2.70. The third kappa shape index (κ3) is 2.62. The van der Waals surface area contributed by atoms with E-state index in [9.17, 15) is 4.79 Å². The van der Waals surface area contributed by atoms with Crippen LogP contribution in [0, 0.1) is 6.92 Å². The monoisotopic (exact) mass is 168 g/mol. The first-order valence-electron chi connectivity index (χ1n) is 3.77. The van der Waals surface area contributed by atoms with Crippen LogP contribution in [-0.2, 0) is 6.54 Å². The Morgan fingerprint density at radius 2 is 2.08 bits per heavy atom. The number of amides is 2. The van der Waals surface area contributed by atoms with Crippen molar-refractivity contribution in [2.24, 2.45) is 5.73 Å². The summed E-state index contributed by atoms with van der Waals surface area (Å²) in [6.07, 6.45) is 0. The van der Waals surface area contributed by atoms with Gasteiger partial charge in [-0.2, -0.15) is 0 Å². The third-order valence-electron chi connectivity index (χ3n) is 1.59. The van der Waals surface area contributed by atoms with Gasteiger partial charge in [0, 0.05) is 9.40 Å². The first kappa shape index (κ1) is 8.59. The predicted octanol–water partition coefficient (Wildman–Crippen LogP) is 1.66. The number of rotatable bonds is 2. The molecule has 0 aliphatic heterocycles. The van der Waals surface area contributed by atoms with Crippen molar-refractivity contribution in [3.63, 3.8) is 0 Å². The van der Waals surface area contributed by atoms with E-state index in [1.54, 1.807) is 0 Å². The summed E-state index contributed by atoms with van der Waals surface area (Å²) in [4.78, 5) is 10.4. The van der Waals surface area contributed by atoms with E-state index < -0.39 is 6.03 Å². The summed E-state index contributed by atoms with van der Waals surface area (Å²) in [5.74, 6) is 0. The summed E-state index contributed by atoms with van der Waals surface area (Å²) in [5.41, 5.74) is 7.18. The van der Waals surface area contributed by atoms with Crippen molar-refractivity contribution in [1.29, 1.82) is 0 Å². The number of hydrogen-bond acceptors (Lipinski definition) is 1. The van der Waals surface area contributed by atoms with Crippen molar-refractivity contribution in [3.05, 3.63) is 35.4 Å².